The van der Waals surface area contributed by atoms with Crippen LogP contribution in [0.4, 0.5) is 9.59 Å². The van der Waals surface area contributed by atoms with Crippen molar-refractivity contribution in [3.63, 3.8) is 0 Å². The zero-order valence-corrected chi connectivity index (χ0v) is 17.6. The highest BCUT2D eigenvalue weighted by Crippen LogP contribution is 2.42. The van der Waals surface area contributed by atoms with Crippen molar-refractivity contribution in [2.75, 3.05) is 13.2 Å². The predicted molar refractivity (Wildman–Crippen MR) is 115 cm³/mol. The zero-order chi connectivity index (χ0) is 21.7. The summed E-state index contributed by atoms with van der Waals surface area (Å²) in [5, 5.41) is 2.52. The minimum Gasteiger partial charge on any atom is -0.434 e. The molecule has 0 aromatic heterocycles. The largest absolute Gasteiger partial charge is 0.513 e. The summed E-state index contributed by atoms with van der Waals surface area (Å²) in [6.07, 6.45) is -1.55. The van der Waals surface area contributed by atoms with Gasteiger partial charge >= 0.3 is 12.3 Å². The number of hydrogen-bond donors (Lipinski definition) is 0. The molecule has 0 saturated carbocycles. The quantitative estimate of drug-likeness (QED) is 0.268. The first-order valence-electron chi connectivity index (χ1n) is 9.99. The summed E-state index contributed by atoms with van der Waals surface area (Å²) in [5.74, 6) is 1.10. The average molecular weight is 410 g/mol. The van der Waals surface area contributed by atoms with Crippen LogP contribution in [-0.2, 0) is 9.47 Å². The van der Waals surface area contributed by atoms with Crippen molar-refractivity contribution in [3.8, 4) is 11.5 Å². The second kappa shape index (κ2) is 9.48. The lowest BCUT2D eigenvalue weighted by Gasteiger charge is -2.16. The van der Waals surface area contributed by atoms with Crippen molar-refractivity contribution in [2.24, 2.45) is 11.8 Å². The van der Waals surface area contributed by atoms with Gasteiger partial charge in [0.05, 0.1) is 13.2 Å². The highest BCUT2D eigenvalue weighted by Gasteiger charge is 2.21. The number of rotatable bonds is 6. The minimum absolute atomic E-state index is 0.193. The molecule has 0 saturated heterocycles. The molecule has 0 radical (unpaired) electrons. The van der Waals surface area contributed by atoms with Gasteiger partial charge in [0.15, 0.2) is 0 Å². The summed E-state index contributed by atoms with van der Waals surface area (Å²) in [6, 6.07) is 14.5. The lowest BCUT2D eigenvalue weighted by Crippen LogP contribution is -2.16. The van der Waals surface area contributed by atoms with Crippen LogP contribution in [0.25, 0.3) is 21.5 Å². The van der Waals surface area contributed by atoms with E-state index in [4.69, 9.17) is 18.9 Å². The van der Waals surface area contributed by atoms with Gasteiger partial charge in [-0.15, -0.1) is 0 Å². The molecular formula is C24H26O6. The van der Waals surface area contributed by atoms with Crippen molar-refractivity contribution in [2.45, 2.75) is 27.7 Å². The molecular weight excluding hydrogens is 384 g/mol. The van der Waals surface area contributed by atoms with Crippen LogP contribution in [0.3, 0.4) is 0 Å². The smallest absolute Gasteiger partial charge is 0.434 e. The molecule has 0 spiro atoms. The number of carbonyl (C=O) groups is 2. The third kappa shape index (κ3) is 5.00. The van der Waals surface area contributed by atoms with Crippen LogP contribution >= 0.6 is 0 Å². The van der Waals surface area contributed by atoms with Crippen molar-refractivity contribution >= 4 is 33.9 Å². The van der Waals surface area contributed by atoms with Gasteiger partial charge in [0.2, 0.25) is 0 Å². The van der Waals surface area contributed by atoms with Gasteiger partial charge in [-0.25, -0.2) is 9.59 Å². The number of fused-ring (bicyclic) bond motifs is 2. The summed E-state index contributed by atoms with van der Waals surface area (Å²) in [7, 11) is 0. The Hall–Kier alpha value is -3.28. The Morgan fingerprint density at radius 1 is 0.633 bits per heavy atom. The number of benzene rings is 3. The van der Waals surface area contributed by atoms with E-state index in [1.165, 1.54) is 0 Å². The zero-order valence-electron chi connectivity index (χ0n) is 17.6. The molecule has 0 amide bonds. The molecule has 0 N–H and O–H groups in total. The van der Waals surface area contributed by atoms with Crippen molar-refractivity contribution < 1.29 is 28.5 Å². The standard InChI is InChI=1S/C24H26O6/c1-15(2)13-27-23(25)29-21-17-9-5-7-11-19(17)22(20-12-8-6-10-18(20)21)30-24(26)28-14-16(3)4/h5-12,15-16H,13-14H2,1-4H3. The van der Waals surface area contributed by atoms with Gasteiger partial charge in [-0.2, -0.15) is 0 Å². The van der Waals surface area contributed by atoms with Crippen LogP contribution in [-0.4, -0.2) is 25.5 Å². The monoisotopic (exact) mass is 410 g/mol. The van der Waals surface area contributed by atoms with Gasteiger partial charge in [0.1, 0.15) is 11.5 Å². The lowest BCUT2D eigenvalue weighted by atomic mass is 10.0. The third-order valence-corrected chi connectivity index (χ3v) is 4.27. The van der Waals surface area contributed by atoms with E-state index in [2.05, 4.69) is 0 Å². The number of carbonyl (C=O) groups excluding carboxylic acids is 2. The van der Waals surface area contributed by atoms with E-state index in [9.17, 15) is 9.59 Å². The van der Waals surface area contributed by atoms with Crippen LogP contribution in [0.2, 0.25) is 0 Å². The highest BCUT2D eigenvalue weighted by atomic mass is 16.7. The second-order valence-corrected chi connectivity index (χ2v) is 7.86. The number of hydrogen-bond acceptors (Lipinski definition) is 6. The molecule has 158 valence electrons. The lowest BCUT2D eigenvalue weighted by molar-refractivity contribution is 0.0879. The van der Waals surface area contributed by atoms with E-state index in [-0.39, 0.29) is 25.0 Å². The maximum atomic E-state index is 12.3. The van der Waals surface area contributed by atoms with Crippen molar-refractivity contribution in [1.82, 2.24) is 0 Å². The molecule has 6 heteroatoms. The van der Waals surface area contributed by atoms with Gasteiger partial charge in [0, 0.05) is 21.5 Å². The summed E-state index contributed by atoms with van der Waals surface area (Å²) in [6.45, 7) is 8.31. The van der Waals surface area contributed by atoms with Crippen LogP contribution < -0.4 is 9.47 Å². The normalized spacial score (nSPS) is 11.1. The highest BCUT2D eigenvalue weighted by molar-refractivity contribution is 6.12. The van der Waals surface area contributed by atoms with Gasteiger partial charge in [-0.1, -0.05) is 76.2 Å². The van der Waals surface area contributed by atoms with Crippen LogP contribution in [0.1, 0.15) is 27.7 Å². The molecule has 0 aliphatic rings. The second-order valence-electron chi connectivity index (χ2n) is 7.86. The molecule has 3 aromatic rings. The van der Waals surface area contributed by atoms with Crippen LogP contribution in [0.5, 0.6) is 11.5 Å². The minimum atomic E-state index is -0.774. The molecule has 0 aliphatic heterocycles. The molecule has 30 heavy (non-hydrogen) atoms. The van der Waals surface area contributed by atoms with Gasteiger partial charge in [-0.05, 0) is 11.8 Å². The Balaban J connectivity index is 2.06. The summed E-state index contributed by atoms with van der Waals surface area (Å²) < 4.78 is 21.6. The SMILES string of the molecule is CC(C)COC(=O)Oc1c2ccccc2c(OC(=O)OCC(C)C)c2ccccc12. The Morgan fingerprint density at radius 3 is 1.20 bits per heavy atom. The first-order valence-corrected chi connectivity index (χ1v) is 9.99. The van der Waals surface area contributed by atoms with Gasteiger partial charge in [0.25, 0.3) is 0 Å². The summed E-state index contributed by atoms with van der Waals surface area (Å²) >= 11 is 0. The molecule has 3 aromatic carbocycles. The maximum absolute atomic E-state index is 12.3. The molecule has 0 fully saturated rings. The molecule has 3 rings (SSSR count). The fraction of sp³-hybridized carbons (Fsp3) is 0.333. The van der Waals surface area contributed by atoms with E-state index in [0.717, 1.165) is 0 Å². The average Bonchev–Trinajstić information content (AvgIpc) is 2.73. The summed E-state index contributed by atoms with van der Waals surface area (Å²) in [4.78, 5) is 24.5. The van der Waals surface area contributed by atoms with Gasteiger partial charge < -0.3 is 18.9 Å². The Labute approximate surface area is 175 Å². The molecule has 0 bridgehead atoms. The van der Waals surface area contributed by atoms with Crippen molar-refractivity contribution in [3.05, 3.63) is 48.5 Å². The summed E-state index contributed by atoms with van der Waals surface area (Å²) in [5.41, 5.74) is 0. The maximum Gasteiger partial charge on any atom is 0.513 e. The molecule has 0 aliphatic carbocycles. The van der Waals surface area contributed by atoms with Crippen LogP contribution in [0, 0.1) is 11.8 Å². The molecule has 6 nitrogen and oxygen atoms in total. The van der Waals surface area contributed by atoms with E-state index in [1.807, 2.05) is 52.0 Å². The third-order valence-electron chi connectivity index (χ3n) is 4.27. The first-order chi connectivity index (χ1) is 14.4. The Morgan fingerprint density at radius 2 is 0.933 bits per heavy atom. The van der Waals surface area contributed by atoms with E-state index in [1.54, 1.807) is 24.3 Å². The van der Waals surface area contributed by atoms with Crippen molar-refractivity contribution in [1.29, 1.82) is 0 Å². The Bertz CT molecular complexity index is 913. The fourth-order valence-corrected chi connectivity index (χ4v) is 2.96. The van der Waals surface area contributed by atoms with Gasteiger partial charge in [-0.3, -0.25) is 0 Å². The first kappa shape index (κ1) is 21.4. The topological polar surface area (TPSA) is 71.1 Å². The fourth-order valence-electron chi connectivity index (χ4n) is 2.96. The van der Waals surface area contributed by atoms with E-state index >= 15 is 0 Å². The molecule has 0 heterocycles. The Kier molecular flexibility index (Phi) is 6.77. The molecule has 0 unspecified atom stereocenters. The van der Waals surface area contributed by atoms with E-state index < -0.39 is 12.3 Å². The number of ether oxygens (including phenoxy) is 4. The van der Waals surface area contributed by atoms with Crippen LogP contribution in [0.15, 0.2) is 48.5 Å². The van der Waals surface area contributed by atoms with E-state index in [0.29, 0.717) is 33.0 Å². The predicted octanol–water partition coefficient (Wildman–Crippen LogP) is 6.34. The molecule has 0 atom stereocenters.